The summed E-state index contributed by atoms with van der Waals surface area (Å²) in [4.78, 5) is 14.4. The lowest BCUT2D eigenvalue weighted by molar-refractivity contribution is -0.137. The van der Waals surface area contributed by atoms with Crippen molar-refractivity contribution < 1.29 is 22.0 Å². The Morgan fingerprint density at radius 2 is 1.02 bits per heavy atom. The van der Waals surface area contributed by atoms with Crippen molar-refractivity contribution in [2.45, 2.75) is 6.18 Å². The summed E-state index contributed by atoms with van der Waals surface area (Å²) in [5, 5.41) is 4.05. The van der Waals surface area contributed by atoms with Crippen LogP contribution in [-0.2, 0) is 6.18 Å². The molecule has 4 aromatic heterocycles. The van der Waals surface area contributed by atoms with Crippen LogP contribution < -0.4 is 0 Å². The first-order chi connectivity index (χ1) is 26.9. The Hall–Kier alpha value is -7.26. The molecule has 0 saturated heterocycles. The van der Waals surface area contributed by atoms with Gasteiger partial charge in [0.2, 0.25) is 0 Å². The van der Waals surface area contributed by atoms with Crippen LogP contribution >= 0.6 is 0 Å². The van der Waals surface area contributed by atoms with Crippen LogP contribution in [0.1, 0.15) is 5.56 Å². The van der Waals surface area contributed by atoms with Crippen LogP contribution in [0.25, 0.3) is 106 Å². The predicted octanol–water partition coefficient (Wildman–Crippen LogP) is 12.8. The average Bonchev–Trinajstić information content (AvgIpc) is 3.89. The summed E-state index contributed by atoms with van der Waals surface area (Å²) in [7, 11) is 0. The lowest BCUT2D eigenvalue weighted by Gasteiger charge is -2.19. The normalized spacial score (nSPS) is 12.3. The van der Waals surface area contributed by atoms with Crippen molar-refractivity contribution in [2.75, 3.05) is 0 Å². The van der Waals surface area contributed by atoms with Crippen LogP contribution in [-0.4, -0.2) is 19.5 Å². The number of alkyl halides is 3. The largest absolute Gasteiger partial charge is 0.456 e. The number of rotatable bonds is 4. The van der Waals surface area contributed by atoms with Gasteiger partial charge in [-0.2, -0.15) is 13.2 Å². The van der Waals surface area contributed by atoms with Gasteiger partial charge in [0, 0.05) is 38.1 Å². The molecule has 9 heteroatoms. The molecule has 6 nitrogen and oxygen atoms in total. The van der Waals surface area contributed by atoms with E-state index in [1.54, 1.807) is 28.8 Å². The molecule has 0 N–H and O–H groups in total. The molecule has 55 heavy (non-hydrogen) atoms. The monoisotopic (exact) mass is 722 g/mol. The SMILES string of the molecule is FC(F)(F)c1cc(-c2nc(-c3ccccc3)nc(-c3ccccc3)n2)c2oc3ccccc3c2c1-n1c2ccccc2c2cc3oc4ccccc4c3cc21. The van der Waals surface area contributed by atoms with Crippen LogP contribution in [0, 0.1) is 0 Å². The van der Waals surface area contributed by atoms with Gasteiger partial charge in [0.1, 0.15) is 22.3 Å². The summed E-state index contributed by atoms with van der Waals surface area (Å²) in [6.45, 7) is 0. The van der Waals surface area contributed by atoms with Gasteiger partial charge in [-0.3, -0.25) is 0 Å². The Morgan fingerprint density at radius 3 is 1.69 bits per heavy atom. The summed E-state index contributed by atoms with van der Waals surface area (Å²) < 4.78 is 62.4. The van der Waals surface area contributed by atoms with Crippen LogP contribution in [0.4, 0.5) is 13.2 Å². The van der Waals surface area contributed by atoms with Gasteiger partial charge in [-0.05, 0) is 36.4 Å². The summed E-state index contributed by atoms with van der Waals surface area (Å²) in [5.41, 5.74) is 3.81. The fourth-order valence-corrected chi connectivity index (χ4v) is 7.85. The second-order valence-corrected chi connectivity index (χ2v) is 13.5. The fraction of sp³-hybridized carbons (Fsp3) is 0.0217. The molecule has 0 spiro atoms. The third kappa shape index (κ3) is 4.79. The highest BCUT2D eigenvalue weighted by molar-refractivity contribution is 6.20. The summed E-state index contributed by atoms with van der Waals surface area (Å²) in [5.74, 6) is 0.706. The molecule has 0 fully saturated rings. The lowest BCUT2D eigenvalue weighted by atomic mass is 9.99. The Labute approximate surface area is 309 Å². The van der Waals surface area contributed by atoms with Crippen LogP contribution in [0.3, 0.4) is 0 Å². The molecule has 0 aliphatic rings. The highest BCUT2D eigenvalue weighted by atomic mass is 19.4. The zero-order valence-electron chi connectivity index (χ0n) is 28.7. The van der Waals surface area contributed by atoms with Gasteiger partial charge in [0.25, 0.3) is 0 Å². The standard InChI is InChI=1S/C46H25F3N4O2/c47-46(48,49)34-23-33(45-51-43(26-13-3-1-4-14-26)50-44(52-45)27-15-5-2-6-16-27)42-40(30-19-9-12-22-38(30)55-42)41(34)53-35-20-10-7-17-28(35)31-25-39-32(24-36(31)53)29-18-8-11-21-37(29)54-39/h1-25H. The predicted molar refractivity (Wildman–Crippen MR) is 210 cm³/mol. The minimum atomic E-state index is -4.81. The molecular formula is C46H25F3N4O2. The third-order valence-electron chi connectivity index (χ3n) is 10.3. The minimum absolute atomic E-state index is 0.0461. The van der Waals surface area contributed by atoms with Crippen molar-refractivity contribution in [3.05, 3.63) is 157 Å². The quantitative estimate of drug-likeness (QED) is 0.181. The number of furan rings is 2. The van der Waals surface area contributed by atoms with Gasteiger partial charge in [0.05, 0.1) is 33.2 Å². The molecule has 0 amide bonds. The number of benzene rings is 7. The first-order valence-corrected chi connectivity index (χ1v) is 17.7. The van der Waals surface area contributed by atoms with Crippen molar-refractivity contribution in [1.29, 1.82) is 0 Å². The molecular weight excluding hydrogens is 698 g/mol. The Bertz CT molecular complexity index is 3250. The van der Waals surface area contributed by atoms with Gasteiger partial charge < -0.3 is 13.4 Å². The van der Waals surface area contributed by atoms with Crippen LogP contribution in [0.15, 0.2) is 160 Å². The Balaban J connectivity index is 1.30. The molecule has 11 aromatic rings. The number of aromatic nitrogens is 4. The van der Waals surface area contributed by atoms with E-state index in [0.717, 1.165) is 27.6 Å². The topological polar surface area (TPSA) is 69.9 Å². The Kier molecular flexibility index (Phi) is 6.61. The average molecular weight is 723 g/mol. The number of nitrogens with zero attached hydrogens (tertiary/aromatic N) is 4. The smallest absolute Gasteiger partial charge is 0.418 e. The van der Waals surface area contributed by atoms with Crippen molar-refractivity contribution in [2.24, 2.45) is 0 Å². The van der Waals surface area contributed by atoms with E-state index in [1.165, 1.54) is 0 Å². The molecule has 0 saturated carbocycles. The summed E-state index contributed by atoms with van der Waals surface area (Å²) >= 11 is 0. The minimum Gasteiger partial charge on any atom is -0.456 e. The maximum atomic E-state index is 16.0. The molecule has 11 rings (SSSR count). The molecule has 7 aromatic carbocycles. The van der Waals surface area contributed by atoms with E-state index >= 15 is 13.2 Å². The fourth-order valence-electron chi connectivity index (χ4n) is 7.85. The maximum absolute atomic E-state index is 16.0. The number of halogens is 3. The number of hydrogen-bond acceptors (Lipinski definition) is 5. The van der Waals surface area contributed by atoms with E-state index in [-0.39, 0.29) is 22.7 Å². The number of para-hydroxylation sites is 3. The van der Waals surface area contributed by atoms with E-state index in [2.05, 4.69) is 0 Å². The van der Waals surface area contributed by atoms with E-state index in [9.17, 15) is 0 Å². The summed E-state index contributed by atoms with van der Waals surface area (Å²) in [6, 6.07) is 46.0. The lowest BCUT2D eigenvalue weighted by Crippen LogP contribution is -2.12. The third-order valence-corrected chi connectivity index (χ3v) is 10.3. The van der Waals surface area contributed by atoms with Gasteiger partial charge >= 0.3 is 6.18 Å². The molecule has 0 aliphatic heterocycles. The van der Waals surface area contributed by atoms with E-state index in [1.807, 2.05) is 121 Å². The second kappa shape index (κ2) is 11.6. The zero-order chi connectivity index (χ0) is 36.8. The van der Waals surface area contributed by atoms with Crippen LogP contribution in [0.2, 0.25) is 0 Å². The van der Waals surface area contributed by atoms with Gasteiger partial charge in [-0.15, -0.1) is 0 Å². The molecule has 0 unspecified atom stereocenters. The molecule has 0 atom stereocenters. The zero-order valence-corrected chi connectivity index (χ0v) is 28.7. The molecule has 0 bridgehead atoms. The highest BCUT2D eigenvalue weighted by Crippen LogP contribution is 2.48. The molecule has 4 heterocycles. The second-order valence-electron chi connectivity index (χ2n) is 13.5. The van der Waals surface area contributed by atoms with Crippen LogP contribution in [0.5, 0.6) is 0 Å². The van der Waals surface area contributed by atoms with E-state index in [0.29, 0.717) is 61.3 Å². The van der Waals surface area contributed by atoms with Gasteiger partial charge in [-0.25, -0.2) is 15.0 Å². The van der Waals surface area contributed by atoms with Gasteiger partial charge in [0.15, 0.2) is 17.5 Å². The van der Waals surface area contributed by atoms with Crippen molar-refractivity contribution >= 4 is 65.7 Å². The molecule has 0 aliphatic carbocycles. The van der Waals surface area contributed by atoms with Crippen molar-refractivity contribution in [3.63, 3.8) is 0 Å². The number of hydrogen-bond donors (Lipinski definition) is 0. The van der Waals surface area contributed by atoms with E-state index in [4.69, 9.17) is 23.8 Å². The highest BCUT2D eigenvalue weighted by Gasteiger charge is 2.39. The molecule has 262 valence electrons. The first-order valence-electron chi connectivity index (χ1n) is 17.7. The first kappa shape index (κ1) is 31.3. The van der Waals surface area contributed by atoms with Gasteiger partial charge in [-0.1, -0.05) is 115 Å². The maximum Gasteiger partial charge on any atom is 0.418 e. The summed E-state index contributed by atoms with van der Waals surface area (Å²) in [6.07, 6.45) is -4.81. The van der Waals surface area contributed by atoms with E-state index < -0.39 is 11.7 Å². The molecule has 0 radical (unpaired) electrons. The van der Waals surface area contributed by atoms with Crippen molar-refractivity contribution in [3.8, 4) is 39.9 Å². The van der Waals surface area contributed by atoms with Crippen molar-refractivity contribution in [1.82, 2.24) is 19.5 Å². The Morgan fingerprint density at radius 1 is 0.455 bits per heavy atom. The number of fused-ring (bicyclic) bond motifs is 9.